The Balaban J connectivity index is 1.51. The Hall–Kier alpha value is -2.53. The Labute approximate surface area is 156 Å². The normalized spacial score (nSPS) is 20.9. The summed E-state index contributed by atoms with van der Waals surface area (Å²) in [6.45, 7) is 2.01. The third-order valence-electron chi connectivity index (χ3n) is 5.51. The molecule has 0 radical (unpaired) electrons. The summed E-state index contributed by atoms with van der Waals surface area (Å²) in [6.07, 6.45) is 4.81. The lowest BCUT2D eigenvalue weighted by Gasteiger charge is -2.35. The maximum absolute atomic E-state index is 13.1. The molecule has 26 heavy (non-hydrogen) atoms. The van der Waals surface area contributed by atoms with Crippen LogP contribution in [0.2, 0.25) is 0 Å². The molecule has 2 aliphatic rings. The summed E-state index contributed by atoms with van der Waals surface area (Å²) < 4.78 is 0. The molecule has 4 nitrogen and oxygen atoms in total. The standard InChI is InChI=1S/C21H19N3OS/c1-13-9-10-26-19(13)21(25)24-15-7-8-18(24)16-12-22-20(23-17(16)11-15)14-5-3-2-4-6-14/h2-6,9-10,12,15,18H,7-8,11H2,1H3. The average Bonchev–Trinajstić information content (AvgIpc) is 3.24. The van der Waals surface area contributed by atoms with Crippen LogP contribution in [0.15, 0.2) is 48.0 Å². The minimum absolute atomic E-state index is 0.113. The van der Waals surface area contributed by atoms with Crippen molar-refractivity contribution in [2.75, 3.05) is 0 Å². The van der Waals surface area contributed by atoms with Crippen LogP contribution >= 0.6 is 11.3 Å². The van der Waals surface area contributed by atoms with E-state index in [1.165, 1.54) is 0 Å². The fourth-order valence-corrected chi connectivity index (χ4v) is 5.09. The third kappa shape index (κ3) is 2.38. The molecule has 0 aliphatic carbocycles. The van der Waals surface area contributed by atoms with Crippen LogP contribution in [0.1, 0.15) is 45.4 Å². The van der Waals surface area contributed by atoms with Crippen molar-refractivity contribution in [3.05, 3.63) is 69.7 Å². The molecule has 0 saturated carbocycles. The first-order valence-corrected chi connectivity index (χ1v) is 9.88. The van der Waals surface area contributed by atoms with Crippen molar-refractivity contribution in [2.45, 2.75) is 38.3 Å². The van der Waals surface area contributed by atoms with Crippen LogP contribution < -0.4 is 0 Å². The Bertz CT molecular complexity index is 982. The molecule has 2 unspecified atom stereocenters. The van der Waals surface area contributed by atoms with Crippen LogP contribution in [0.25, 0.3) is 11.4 Å². The van der Waals surface area contributed by atoms with Crippen LogP contribution in [0, 0.1) is 6.92 Å². The van der Waals surface area contributed by atoms with E-state index in [4.69, 9.17) is 4.98 Å². The molecule has 1 saturated heterocycles. The van der Waals surface area contributed by atoms with E-state index in [1.807, 2.05) is 54.9 Å². The molecule has 0 spiro atoms. The summed E-state index contributed by atoms with van der Waals surface area (Å²) in [5.41, 5.74) is 4.34. The van der Waals surface area contributed by atoms with Gasteiger partial charge < -0.3 is 4.90 Å². The lowest BCUT2D eigenvalue weighted by molar-refractivity contribution is 0.0648. The number of nitrogens with zero attached hydrogens (tertiary/aromatic N) is 3. The summed E-state index contributed by atoms with van der Waals surface area (Å²) in [4.78, 5) is 25.6. The number of rotatable bonds is 2. The lowest BCUT2D eigenvalue weighted by Crippen LogP contribution is -2.42. The number of hydrogen-bond donors (Lipinski definition) is 0. The van der Waals surface area contributed by atoms with Gasteiger partial charge in [0.05, 0.1) is 16.6 Å². The SMILES string of the molecule is Cc1ccsc1C(=O)N1C2CCC1c1cnc(-c3ccccc3)nc1C2. The first kappa shape index (κ1) is 15.7. The zero-order chi connectivity index (χ0) is 17.7. The van der Waals surface area contributed by atoms with E-state index in [9.17, 15) is 4.79 Å². The van der Waals surface area contributed by atoms with Gasteiger partial charge in [0, 0.05) is 29.8 Å². The van der Waals surface area contributed by atoms with Gasteiger partial charge in [0.15, 0.2) is 5.82 Å². The zero-order valence-corrected chi connectivity index (χ0v) is 15.4. The van der Waals surface area contributed by atoms with Gasteiger partial charge in [0.2, 0.25) is 0 Å². The van der Waals surface area contributed by atoms with Crippen LogP contribution in [0.4, 0.5) is 0 Å². The number of amides is 1. The molecule has 1 fully saturated rings. The Kier molecular flexibility index (Phi) is 3.64. The van der Waals surface area contributed by atoms with Crippen molar-refractivity contribution >= 4 is 17.2 Å². The van der Waals surface area contributed by atoms with E-state index in [0.29, 0.717) is 0 Å². The minimum Gasteiger partial charge on any atom is -0.327 e. The van der Waals surface area contributed by atoms with Gasteiger partial charge in [-0.3, -0.25) is 4.79 Å². The van der Waals surface area contributed by atoms with Crippen molar-refractivity contribution in [1.29, 1.82) is 0 Å². The van der Waals surface area contributed by atoms with Crippen LogP contribution in [0.3, 0.4) is 0 Å². The number of benzene rings is 1. The second-order valence-electron chi connectivity index (χ2n) is 7.06. The number of hydrogen-bond acceptors (Lipinski definition) is 4. The van der Waals surface area contributed by atoms with Crippen LogP contribution in [0.5, 0.6) is 0 Å². The van der Waals surface area contributed by atoms with Gasteiger partial charge in [-0.25, -0.2) is 9.97 Å². The smallest absolute Gasteiger partial charge is 0.264 e. The molecule has 2 bridgehead atoms. The van der Waals surface area contributed by atoms with Gasteiger partial charge in [-0.1, -0.05) is 30.3 Å². The van der Waals surface area contributed by atoms with Gasteiger partial charge in [0.25, 0.3) is 5.91 Å². The topological polar surface area (TPSA) is 46.1 Å². The largest absolute Gasteiger partial charge is 0.327 e. The van der Waals surface area contributed by atoms with Crippen LogP contribution in [-0.2, 0) is 6.42 Å². The van der Waals surface area contributed by atoms with Gasteiger partial charge in [-0.15, -0.1) is 11.3 Å². The zero-order valence-electron chi connectivity index (χ0n) is 14.6. The fourth-order valence-electron chi connectivity index (χ4n) is 4.22. The summed E-state index contributed by atoms with van der Waals surface area (Å²) in [5.74, 6) is 0.945. The highest BCUT2D eigenvalue weighted by Gasteiger charge is 2.44. The molecule has 4 heterocycles. The van der Waals surface area contributed by atoms with Gasteiger partial charge in [-0.2, -0.15) is 0 Å². The molecular formula is C21H19N3OS. The molecule has 2 atom stereocenters. The number of thiophene rings is 1. The van der Waals surface area contributed by atoms with Crippen molar-refractivity contribution < 1.29 is 4.79 Å². The molecule has 2 aliphatic heterocycles. The maximum Gasteiger partial charge on any atom is 0.264 e. The first-order chi connectivity index (χ1) is 12.7. The number of aromatic nitrogens is 2. The predicted molar refractivity (Wildman–Crippen MR) is 102 cm³/mol. The van der Waals surface area contributed by atoms with E-state index < -0.39 is 0 Å². The fraction of sp³-hybridized carbons (Fsp3) is 0.286. The van der Waals surface area contributed by atoms with Gasteiger partial charge >= 0.3 is 0 Å². The lowest BCUT2D eigenvalue weighted by atomic mass is 9.98. The molecular weight excluding hydrogens is 342 g/mol. The van der Waals surface area contributed by atoms with E-state index in [0.717, 1.165) is 52.3 Å². The molecule has 130 valence electrons. The number of aryl methyl sites for hydroxylation is 1. The molecule has 5 heteroatoms. The van der Waals surface area contributed by atoms with E-state index in [-0.39, 0.29) is 18.0 Å². The second-order valence-corrected chi connectivity index (χ2v) is 7.97. The summed E-state index contributed by atoms with van der Waals surface area (Å²) in [5, 5.41) is 2.00. The molecule has 0 N–H and O–H groups in total. The number of carbonyl (C=O) groups is 1. The summed E-state index contributed by atoms with van der Waals surface area (Å²) in [6, 6.07) is 12.5. The van der Waals surface area contributed by atoms with E-state index >= 15 is 0 Å². The quantitative estimate of drug-likeness (QED) is 0.679. The predicted octanol–water partition coefficient (Wildman–Crippen LogP) is 4.42. The maximum atomic E-state index is 13.1. The number of carbonyl (C=O) groups excluding carboxylic acids is 1. The van der Waals surface area contributed by atoms with Gasteiger partial charge in [-0.05, 0) is 36.8 Å². The van der Waals surface area contributed by atoms with Crippen molar-refractivity contribution in [2.24, 2.45) is 0 Å². The Morgan fingerprint density at radius 2 is 2.04 bits per heavy atom. The first-order valence-electron chi connectivity index (χ1n) is 9.00. The monoisotopic (exact) mass is 361 g/mol. The minimum atomic E-state index is 0.113. The van der Waals surface area contributed by atoms with E-state index in [2.05, 4.69) is 9.88 Å². The Morgan fingerprint density at radius 3 is 2.81 bits per heavy atom. The summed E-state index contributed by atoms with van der Waals surface area (Å²) >= 11 is 1.54. The average molecular weight is 361 g/mol. The van der Waals surface area contributed by atoms with Gasteiger partial charge in [0.1, 0.15) is 0 Å². The molecule has 5 rings (SSSR count). The van der Waals surface area contributed by atoms with Crippen molar-refractivity contribution in [3.63, 3.8) is 0 Å². The highest BCUT2D eigenvalue weighted by molar-refractivity contribution is 7.12. The highest BCUT2D eigenvalue weighted by Crippen LogP contribution is 2.44. The molecule has 1 amide bonds. The molecule has 3 aromatic rings. The van der Waals surface area contributed by atoms with Crippen molar-refractivity contribution in [3.8, 4) is 11.4 Å². The Morgan fingerprint density at radius 1 is 1.19 bits per heavy atom. The third-order valence-corrected chi connectivity index (χ3v) is 6.52. The van der Waals surface area contributed by atoms with Crippen LogP contribution in [-0.4, -0.2) is 26.8 Å². The second kappa shape index (κ2) is 6.02. The van der Waals surface area contributed by atoms with Crippen molar-refractivity contribution in [1.82, 2.24) is 14.9 Å². The highest BCUT2D eigenvalue weighted by atomic mass is 32.1. The summed E-state index contributed by atoms with van der Waals surface area (Å²) in [7, 11) is 0. The molecule has 1 aromatic carbocycles. The molecule has 2 aromatic heterocycles. The number of fused-ring (bicyclic) bond motifs is 4. The van der Waals surface area contributed by atoms with E-state index in [1.54, 1.807) is 11.3 Å².